The fourth-order valence-electron chi connectivity index (χ4n) is 7.21. The van der Waals surface area contributed by atoms with Crippen LogP contribution < -0.4 is 4.74 Å². The van der Waals surface area contributed by atoms with Gasteiger partial charge in [-0.3, -0.25) is 14.4 Å². The quantitative estimate of drug-likeness (QED) is 0.149. The van der Waals surface area contributed by atoms with Gasteiger partial charge < -0.3 is 14.2 Å². The fourth-order valence-corrected chi connectivity index (χ4v) is 7.21. The minimum atomic E-state index is -0.362. The lowest BCUT2D eigenvalue weighted by atomic mass is 9.70. The molecule has 1 aliphatic carbocycles. The summed E-state index contributed by atoms with van der Waals surface area (Å²) >= 11 is 0. The van der Waals surface area contributed by atoms with Crippen molar-refractivity contribution in [3.63, 3.8) is 0 Å². The molecule has 1 aliphatic rings. The summed E-state index contributed by atoms with van der Waals surface area (Å²) in [4.78, 5) is 39.1. The second-order valence-electron chi connectivity index (χ2n) is 19.9. The number of esters is 2. The van der Waals surface area contributed by atoms with Crippen LogP contribution in [0.15, 0.2) is 65.3 Å². The number of rotatable bonds is 13. The minimum Gasteiger partial charge on any atom is -0.496 e. The first-order valence-corrected chi connectivity index (χ1v) is 20.7. The summed E-state index contributed by atoms with van der Waals surface area (Å²) in [6.07, 6.45) is 6.43. The van der Waals surface area contributed by atoms with E-state index in [1.54, 1.807) is 7.11 Å². The average molecular weight is 769 g/mol. The molecular weight excluding hydrogens is 697 g/mol. The molecule has 3 unspecified atom stereocenters. The smallest absolute Gasteiger partial charge is 0.308 e. The van der Waals surface area contributed by atoms with E-state index in [9.17, 15) is 14.4 Å². The molecule has 0 heterocycles. The van der Waals surface area contributed by atoms with Crippen molar-refractivity contribution in [3.8, 4) is 5.75 Å². The molecule has 0 saturated heterocycles. The van der Waals surface area contributed by atoms with Crippen LogP contribution in [0.4, 0.5) is 0 Å². The van der Waals surface area contributed by atoms with Crippen LogP contribution in [0, 0.1) is 22.7 Å². The molecule has 0 amide bonds. The third kappa shape index (κ3) is 11.3. The highest BCUT2D eigenvalue weighted by molar-refractivity contribution is 6.12. The third-order valence-corrected chi connectivity index (χ3v) is 11.0. The van der Waals surface area contributed by atoms with E-state index in [4.69, 9.17) is 14.2 Å². The first-order chi connectivity index (χ1) is 25.8. The van der Waals surface area contributed by atoms with Gasteiger partial charge in [-0.15, -0.1) is 0 Å². The Balaban J connectivity index is 2.20. The largest absolute Gasteiger partial charge is 0.496 e. The molecule has 0 fully saturated rings. The highest BCUT2D eigenvalue weighted by atomic mass is 16.6. The molecule has 0 spiro atoms. The molecule has 0 aliphatic heterocycles. The zero-order valence-corrected chi connectivity index (χ0v) is 37.8. The number of carbonyl (C=O) groups excluding carboxylic acids is 3. The molecule has 6 nitrogen and oxygen atoms in total. The van der Waals surface area contributed by atoms with Gasteiger partial charge in [0.15, 0.2) is 5.78 Å². The second-order valence-corrected chi connectivity index (χ2v) is 19.9. The molecule has 0 saturated carbocycles. The predicted molar refractivity (Wildman–Crippen MR) is 231 cm³/mol. The third-order valence-electron chi connectivity index (χ3n) is 11.0. The number of ether oxygens (including phenoxy) is 3. The normalized spacial score (nSPS) is 15.7. The zero-order chi connectivity index (χ0) is 42.6. The van der Waals surface area contributed by atoms with E-state index in [-0.39, 0.29) is 70.3 Å². The van der Waals surface area contributed by atoms with Gasteiger partial charge in [-0.25, -0.2) is 0 Å². The molecule has 3 atom stereocenters. The standard InChI is InChI=1S/C50H72O6/c1-18-31(3)45(52)55-24-25-56-46(53)32(4)26-33(19-2)34-20-22-35(23-21-34)42(36-27-38(47(5,6)7)43(51)39(28-36)48(8,9)10)37-29-40(49(11,12)13)44(54-17)41(30-37)50(14,15)16/h20-23,27-33H,18-19,24-26H2,1-17H3. The van der Waals surface area contributed by atoms with Crippen LogP contribution >= 0.6 is 0 Å². The predicted octanol–water partition coefficient (Wildman–Crippen LogP) is 12.3. The van der Waals surface area contributed by atoms with Crippen LogP contribution in [-0.4, -0.2) is 38.0 Å². The second kappa shape index (κ2) is 18.1. The lowest BCUT2D eigenvalue weighted by Crippen LogP contribution is -2.28. The monoisotopic (exact) mass is 769 g/mol. The van der Waals surface area contributed by atoms with Gasteiger partial charge in [0.25, 0.3) is 0 Å². The Bertz CT molecular complexity index is 1750. The van der Waals surface area contributed by atoms with Crippen molar-refractivity contribution in [2.24, 2.45) is 22.7 Å². The van der Waals surface area contributed by atoms with E-state index >= 15 is 0 Å². The number of benzene rings is 2. The minimum absolute atomic E-state index is 0.0514. The maximum absolute atomic E-state index is 14.1. The van der Waals surface area contributed by atoms with Crippen LogP contribution in [-0.2, 0) is 34.7 Å². The molecule has 0 bridgehead atoms. The Morgan fingerprint density at radius 2 is 1.07 bits per heavy atom. The number of carbonyl (C=O) groups is 3. The maximum atomic E-state index is 14.1. The molecule has 2 aromatic rings. The van der Waals surface area contributed by atoms with E-state index in [1.165, 1.54) is 0 Å². The molecule has 2 aromatic carbocycles. The van der Waals surface area contributed by atoms with Crippen molar-refractivity contribution in [1.29, 1.82) is 0 Å². The van der Waals surface area contributed by atoms with Crippen molar-refractivity contribution >= 4 is 23.3 Å². The lowest BCUT2D eigenvalue weighted by molar-refractivity contribution is -0.157. The Morgan fingerprint density at radius 1 is 0.625 bits per heavy atom. The average Bonchev–Trinajstić information content (AvgIpc) is 3.10. The number of Topliss-reactive ketones (excluding diaryl/α,β-unsaturated/α-hetero) is 1. The number of ketones is 1. The van der Waals surface area contributed by atoms with Crippen LogP contribution in [0.5, 0.6) is 5.75 Å². The summed E-state index contributed by atoms with van der Waals surface area (Å²) < 4.78 is 16.9. The van der Waals surface area contributed by atoms with Gasteiger partial charge in [-0.1, -0.05) is 135 Å². The van der Waals surface area contributed by atoms with Crippen LogP contribution in [0.3, 0.4) is 0 Å². The van der Waals surface area contributed by atoms with Crippen molar-refractivity contribution in [2.75, 3.05) is 20.3 Å². The van der Waals surface area contributed by atoms with Gasteiger partial charge in [0, 0.05) is 22.3 Å². The Labute approximate surface area is 339 Å². The summed E-state index contributed by atoms with van der Waals surface area (Å²) in [5.74, 6) is 0.103. The van der Waals surface area contributed by atoms with Crippen LogP contribution in [0.2, 0.25) is 0 Å². The summed E-state index contributed by atoms with van der Waals surface area (Å²) in [5, 5.41) is 0. The van der Waals surface area contributed by atoms with Gasteiger partial charge in [0.1, 0.15) is 19.0 Å². The van der Waals surface area contributed by atoms with Crippen molar-refractivity contribution in [2.45, 2.75) is 147 Å². The molecule has 6 heteroatoms. The summed E-state index contributed by atoms with van der Waals surface area (Å²) in [5.41, 5.74) is 8.08. The number of methoxy groups -OCH3 is 1. The van der Waals surface area contributed by atoms with E-state index in [1.807, 2.05) is 20.8 Å². The van der Waals surface area contributed by atoms with Crippen molar-refractivity contribution in [3.05, 3.63) is 93.1 Å². The highest BCUT2D eigenvalue weighted by Gasteiger charge is 2.36. The molecule has 308 valence electrons. The van der Waals surface area contributed by atoms with E-state index in [0.29, 0.717) is 12.8 Å². The van der Waals surface area contributed by atoms with E-state index < -0.39 is 0 Å². The molecule has 0 aromatic heterocycles. The Hall–Kier alpha value is -3.93. The lowest BCUT2D eigenvalue weighted by Gasteiger charge is -2.33. The first kappa shape index (κ1) is 46.5. The van der Waals surface area contributed by atoms with Gasteiger partial charge in [0.05, 0.1) is 18.9 Å². The number of hydrogen-bond donors (Lipinski definition) is 0. The van der Waals surface area contributed by atoms with Crippen LogP contribution in [0.1, 0.15) is 164 Å². The van der Waals surface area contributed by atoms with Gasteiger partial charge >= 0.3 is 11.9 Å². The molecular formula is C50H72O6. The first-order valence-electron chi connectivity index (χ1n) is 20.7. The highest BCUT2D eigenvalue weighted by Crippen LogP contribution is 2.46. The SMILES string of the molecule is CCC(C)C(=O)OCCOC(=O)C(C)CC(CC)c1ccc(C(=C2C=C(C(C)(C)C)C(=O)C(C(C)(C)C)=C2)c2cc(C(C)(C)C)c(OC)c(C(C)(C)C)c2)cc1. The Kier molecular flexibility index (Phi) is 15.0. The number of hydrogen-bond acceptors (Lipinski definition) is 6. The summed E-state index contributed by atoms with van der Waals surface area (Å²) in [7, 11) is 1.76. The molecule has 56 heavy (non-hydrogen) atoms. The Morgan fingerprint density at radius 3 is 1.45 bits per heavy atom. The van der Waals surface area contributed by atoms with E-state index in [2.05, 4.69) is 139 Å². The van der Waals surface area contributed by atoms with Crippen molar-refractivity contribution < 1.29 is 28.6 Å². The van der Waals surface area contributed by atoms with Gasteiger partial charge in [0.2, 0.25) is 0 Å². The topological polar surface area (TPSA) is 78.9 Å². The maximum Gasteiger partial charge on any atom is 0.308 e. The molecule has 3 rings (SSSR count). The van der Waals surface area contributed by atoms with Crippen molar-refractivity contribution in [1.82, 2.24) is 0 Å². The van der Waals surface area contributed by atoms with E-state index in [0.717, 1.165) is 62.3 Å². The zero-order valence-electron chi connectivity index (χ0n) is 37.8. The number of allylic oxidation sites excluding steroid dienone is 5. The van der Waals surface area contributed by atoms with Gasteiger partial charge in [-0.05, 0) is 99.0 Å². The molecule has 0 radical (unpaired) electrons. The van der Waals surface area contributed by atoms with Gasteiger partial charge in [-0.2, -0.15) is 0 Å². The molecule has 0 N–H and O–H groups in total. The van der Waals surface area contributed by atoms with Crippen LogP contribution in [0.25, 0.3) is 5.57 Å². The summed E-state index contributed by atoms with van der Waals surface area (Å²) in [6.45, 7) is 33.9. The fraction of sp³-hybridized carbons (Fsp3) is 0.580. The summed E-state index contributed by atoms with van der Waals surface area (Å²) in [6, 6.07) is 13.3.